The van der Waals surface area contributed by atoms with Crippen LogP contribution in [0.15, 0.2) is 0 Å². The topological polar surface area (TPSA) is 171 Å². The Morgan fingerprint density at radius 1 is 0.812 bits per heavy atom. The Hall–Kier alpha value is 1.69. The van der Waals surface area contributed by atoms with Crippen molar-refractivity contribution in [1.29, 1.82) is 0 Å². The van der Waals surface area contributed by atoms with Crippen LogP contribution in [0.3, 0.4) is 0 Å². The van der Waals surface area contributed by atoms with Crippen molar-refractivity contribution in [2.45, 2.75) is 13.0 Å². The van der Waals surface area contributed by atoms with E-state index in [9.17, 15) is 39.6 Å². The molecule has 1 amide bonds. The van der Waals surface area contributed by atoms with Crippen molar-refractivity contribution >= 4 is 23.8 Å². The third-order valence-corrected chi connectivity index (χ3v) is 4.73. The molecule has 1 aliphatic heterocycles. The van der Waals surface area contributed by atoms with Gasteiger partial charge in [-0.15, -0.1) is 0 Å². The van der Waals surface area contributed by atoms with E-state index in [2.05, 4.69) is 0 Å². The molecule has 1 atom stereocenters. The Bertz CT molecular complexity index is 602. The van der Waals surface area contributed by atoms with Gasteiger partial charge in [0.05, 0.1) is 37.6 Å². The van der Waals surface area contributed by atoms with Gasteiger partial charge in [0.2, 0.25) is 5.91 Å². The van der Waals surface area contributed by atoms with E-state index < -0.39 is 42.9 Å². The molecular formula is C17H27Gd3N4O8-3. The quantitative estimate of drug-likeness (QED) is 0.246. The molecule has 0 radical (unpaired) electrons. The number of amides is 1. The first-order chi connectivity index (χ1) is 13.6. The summed E-state index contributed by atoms with van der Waals surface area (Å²) in [5, 5.41) is 42.5. The van der Waals surface area contributed by atoms with Crippen LogP contribution in [0.25, 0.3) is 0 Å². The molecule has 1 heterocycles. The summed E-state index contributed by atoms with van der Waals surface area (Å²) in [6, 6.07) is -0.411. The maximum atomic E-state index is 12.6. The zero-order chi connectivity index (χ0) is 22.0. The summed E-state index contributed by atoms with van der Waals surface area (Å²) in [7, 11) is 0. The second kappa shape index (κ2) is 20.8. The molecule has 1 unspecified atom stereocenters. The van der Waals surface area contributed by atoms with Crippen LogP contribution in [0.2, 0.25) is 0 Å². The van der Waals surface area contributed by atoms with Gasteiger partial charge in [-0.05, 0) is 6.92 Å². The van der Waals surface area contributed by atoms with Crippen molar-refractivity contribution in [1.82, 2.24) is 19.6 Å². The zero-order valence-corrected chi connectivity index (χ0v) is 24.3. The van der Waals surface area contributed by atoms with Crippen LogP contribution in [-0.4, -0.2) is 127 Å². The summed E-state index contributed by atoms with van der Waals surface area (Å²) < 4.78 is 0. The number of carbonyl (C=O) groups excluding carboxylic acids is 4. The SMILES string of the molecule is CC(CO)N1CCN(CC(=O)[O-])CCN(CC(=O)[O-])CCN(CC(=O)[O-])C(=O)C1.[Gd].[Gd].[Gd]. The molecule has 0 aliphatic carbocycles. The van der Waals surface area contributed by atoms with Crippen molar-refractivity contribution in [2.24, 2.45) is 0 Å². The van der Waals surface area contributed by atoms with Gasteiger partial charge >= 0.3 is 0 Å². The normalized spacial score (nSPS) is 18.1. The van der Waals surface area contributed by atoms with Crippen molar-refractivity contribution in [3.05, 3.63) is 0 Å². The number of aliphatic hydroxyl groups is 1. The van der Waals surface area contributed by atoms with Crippen LogP contribution in [0.5, 0.6) is 0 Å². The Morgan fingerprint density at radius 2 is 1.22 bits per heavy atom. The Balaban J connectivity index is -0.00000280. The fourth-order valence-electron chi connectivity index (χ4n) is 3.01. The van der Waals surface area contributed by atoms with Crippen molar-refractivity contribution in [2.75, 3.05) is 72.1 Å². The summed E-state index contributed by atoms with van der Waals surface area (Å²) in [4.78, 5) is 51.4. The van der Waals surface area contributed by atoms with Gasteiger partial charge in [0.1, 0.15) is 0 Å². The number of hydrogen-bond acceptors (Lipinski definition) is 11. The maximum absolute atomic E-state index is 12.6. The number of carboxylic acids is 3. The largest absolute Gasteiger partial charge is 0.549 e. The molecule has 0 bridgehead atoms. The predicted molar refractivity (Wildman–Crippen MR) is 92.6 cm³/mol. The average molecular weight is 887 g/mol. The number of hydrogen-bond donors (Lipinski definition) is 1. The minimum absolute atomic E-state index is 0. The first-order valence-electron chi connectivity index (χ1n) is 9.29. The summed E-state index contributed by atoms with van der Waals surface area (Å²) in [6.45, 7) is 0.660. The minimum atomic E-state index is -1.45. The minimum Gasteiger partial charge on any atom is -0.549 e. The fraction of sp³-hybridized carbons (Fsp3) is 0.765. The van der Waals surface area contributed by atoms with Gasteiger partial charge in [0, 0.05) is 178 Å². The summed E-state index contributed by atoms with van der Waals surface area (Å²) >= 11 is 0. The van der Waals surface area contributed by atoms with E-state index in [-0.39, 0.29) is 179 Å². The molecule has 1 fully saturated rings. The number of aliphatic hydroxyl groups excluding tert-OH is 1. The molecule has 1 saturated heterocycles. The summed E-state index contributed by atoms with van der Waals surface area (Å²) in [5.74, 6) is -4.60. The molecule has 1 rings (SSSR count). The Kier molecular flexibility index (Phi) is 24.9. The molecule has 0 spiro atoms. The molecule has 32 heavy (non-hydrogen) atoms. The number of carboxylic acid groups (broad SMARTS) is 3. The van der Waals surface area contributed by atoms with E-state index in [1.165, 1.54) is 4.90 Å². The number of carbonyl (C=O) groups is 4. The number of rotatable bonds is 8. The second-order valence-electron chi connectivity index (χ2n) is 6.99. The summed E-state index contributed by atoms with van der Waals surface area (Å²) in [6.07, 6.45) is 0. The van der Waals surface area contributed by atoms with Gasteiger partial charge in [-0.2, -0.15) is 0 Å². The first-order valence-corrected chi connectivity index (χ1v) is 9.29. The maximum Gasteiger partial charge on any atom is 0.237 e. The van der Waals surface area contributed by atoms with Gasteiger partial charge < -0.3 is 39.7 Å². The molecule has 0 saturated carbocycles. The number of nitrogens with zero attached hydrogens (tertiary/aromatic N) is 4. The number of aliphatic carboxylic acids is 3. The molecule has 12 nitrogen and oxygen atoms in total. The van der Waals surface area contributed by atoms with E-state index in [1.54, 1.807) is 16.7 Å². The molecule has 1 N–H and O–H groups in total. The van der Waals surface area contributed by atoms with Crippen molar-refractivity contribution in [3.63, 3.8) is 0 Å². The molecule has 15 heteroatoms. The van der Waals surface area contributed by atoms with Crippen LogP contribution >= 0.6 is 0 Å². The molecule has 0 aromatic rings. The Labute approximate surface area is 283 Å². The van der Waals surface area contributed by atoms with Crippen molar-refractivity contribution < 1.29 is 159 Å². The van der Waals surface area contributed by atoms with Gasteiger partial charge in [-0.25, -0.2) is 0 Å². The first kappa shape index (κ1) is 38.2. The van der Waals surface area contributed by atoms with Gasteiger partial charge in [0.25, 0.3) is 0 Å². The van der Waals surface area contributed by atoms with Crippen LogP contribution in [0.1, 0.15) is 6.92 Å². The fourth-order valence-corrected chi connectivity index (χ4v) is 3.01. The smallest absolute Gasteiger partial charge is 0.237 e. The predicted octanol–water partition coefficient (Wildman–Crippen LogP) is -6.63. The monoisotopic (exact) mass is 889 g/mol. The van der Waals surface area contributed by atoms with Crippen LogP contribution in [0, 0.1) is 120 Å². The molecule has 190 valence electrons. The second-order valence-corrected chi connectivity index (χ2v) is 6.99. The molecular weight excluding hydrogens is 860 g/mol. The van der Waals surface area contributed by atoms with Crippen molar-refractivity contribution in [3.8, 4) is 0 Å². The van der Waals surface area contributed by atoms with Gasteiger partial charge in [0.15, 0.2) is 0 Å². The summed E-state index contributed by atoms with van der Waals surface area (Å²) in [5.41, 5.74) is 0. The van der Waals surface area contributed by atoms with Crippen LogP contribution in [-0.2, 0) is 19.2 Å². The average Bonchev–Trinajstić information content (AvgIpc) is 2.62. The van der Waals surface area contributed by atoms with E-state index >= 15 is 0 Å². The molecule has 1 aliphatic rings. The van der Waals surface area contributed by atoms with Gasteiger partial charge in [-0.1, -0.05) is 0 Å². The Morgan fingerprint density at radius 3 is 1.62 bits per heavy atom. The van der Waals surface area contributed by atoms with E-state index in [4.69, 9.17) is 0 Å². The molecule has 0 aromatic carbocycles. The van der Waals surface area contributed by atoms with E-state index in [1.807, 2.05) is 0 Å². The van der Waals surface area contributed by atoms with E-state index in [0.717, 1.165) is 4.90 Å². The van der Waals surface area contributed by atoms with E-state index in [0.29, 0.717) is 0 Å². The third-order valence-electron chi connectivity index (χ3n) is 4.73. The zero-order valence-electron chi connectivity index (χ0n) is 17.5. The molecule has 0 aromatic heterocycles. The third kappa shape index (κ3) is 16.4. The van der Waals surface area contributed by atoms with Crippen LogP contribution < -0.4 is 15.3 Å². The van der Waals surface area contributed by atoms with Crippen LogP contribution in [0.4, 0.5) is 0 Å². The van der Waals surface area contributed by atoms with Gasteiger partial charge in [-0.3, -0.25) is 19.5 Å². The standard InChI is InChI=1S/C17H30N4O8.3Gd/c1-13(12-22)20-6-4-18(9-15(24)25)2-3-19(10-16(26)27)5-7-21(11-17(28)29)14(23)8-20;;;/h13,22H,2-12H2,1H3,(H,24,25)(H,26,27)(H,28,29);;;/p-3.